The van der Waals surface area contributed by atoms with E-state index in [-0.39, 0.29) is 18.8 Å². The number of carboxylic acid groups (broad SMARTS) is 1. The van der Waals surface area contributed by atoms with Gasteiger partial charge in [-0.3, -0.25) is 5.73 Å². The van der Waals surface area contributed by atoms with Crippen molar-refractivity contribution >= 4 is 18.4 Å². The number of nitrogens with two attached hydrogens (primary N) is 2. The van der Waals surface area contributed by atoms with E-state index in [4.69, 9.17) is 21.7 Å². The first-order chi connectivity index (χ1) is 5.50. The Morgan fingerprint density at radius 1 is 1.46 bits per heavy atom. The number of hydrogen-bond acceptors (Lipinski definition) is 4. The van der Waals surface area contributed by atoms with E-state index >= 15 is 0 Å². The highest BCUT2D eigenvalue weighted by Crippen LogP contribution is 2.03. The third-order valence-electron chi connectivity index (χ3n) is 1.13. The molecule has 0 aliphatic heterocycles. The van der Waals surface area contributed by atoms with E-state index in [0.29, 0.717) is 13.0 Å². The molecule has 0 saturated heterocycles. The van der Waals surface area contributed by atoms with E-state index in [2.05, 4.69) is 12.8 Å². The predicted molar refractivity (Wildman–Crippen MR) is 52.2 cm³/mol. The molecule has 78 valence electrons. The average Bonchev–Trinajstić information content (AvgIpc) is 2.04. The van der Waals surface area contributed by atoms with Crippen molar-refractivity contribution < 1.29 is 15.0 Å². The summed E-state index contributed by atoms with van der Waals surface area (Å²) in [5.74, 6) is -1.42. The van der Waals surface area contributed by atoms with Gasteiger partial charge in [0, 0.05) is 6.42 Å². The summed E-state index contributed by atoms with van der Waals surface area (Å²) in [4.78, 5) is 10.1. The molecule has 0 aromatic heterocycles. The van der Waals surface area contributed by atoms with Crippen LogP contribution in [0.15, 0.2) is 0 Å². The molecule has 0 aliphatic rings. The summed E-state index contributed by atoms with van der Waals surface area (Å²) in [6.45, 7) is 0.326. The van der Waals surface area contributed by atoms with E-state index in [0.717, 1.165) is 0 Å². The second-order valence-corrected chi connectivity index (χ2v) is 2.12. The van der Waals surface area contributed by atoms with Crippen molar-refractivity contribution in [1.29, 1.82) is 0 Å². The summed E-state index contributed by atoms with van der Waals surface area (Å²) >= 11 is 0. The normalized spacial score (nSPS) is 12.7. The molecule has 6 heteroatoms. The topological polar surface area (TPSA) is 110 Å². The van der Waals surface area contributed by atoms with Gasteiger partial charge in [0.05, 0.1) is 0 Å². The molecule has 13 heavy (non-hydrogen) atoms. The summed E-state index contributed by atoms with van der Waals surface area (Å²) in [6, 6.07) is 0. The van der Waals surface area contributed by atoms with Crippen LogP contribution in [0, 0.1) is 12.8 Å². The Morgan fingerprint density at radius 3 is 2.08 bits per heavy atom. The van der Waals surface area contributed by atoms with Gasteiger partial charge in [-0.05, 0) is 13.0 Å². The van der Waals surface area contributed by atoms with Crippen LogP contribution in [0.4, 0.5) is 0 Å². The van der Waals surface area contributed by atoms with Crippen LogP contribution < -0.4 is 11.5 Å². The van der Waals surface area contributed by atoms with Crippen LogP contribution in [0.3, 0.4) is 0 Å². The van der Waals surface area contributed by atoms with Gasteiger partial charge in [-0.1, -0.05) is 0 Å². The zero-order valence-corrected chi connectivity index (χ0v) is 7.96. The summed E-state index contributed by atoms with van der Waals surface area (Å²) < 4.78 is 0. The van der Waals surface area contributed by atoms with E-state index in [1.807, 2.05) is 0 Å². The van der Waals surface area contributed by atoms with Crippen molar-refractivity contribution in [2.45, 2.75) is 18.6 Å². The van der Waals surface area contributed by atoms with E-state index < -0.39 is 11.7 Å². The second-order valence-electron chi connectivity index (χ2n) is 2.12. The lowest BCUT2D eigenvalue weighted by Crippen LogP contribution is -2.47. The molecule has 0 heterocycles. The van der Waals surface area contributed by atoms with Crippen molar-refractivity contribution in [3.63, 3.8) is 0 Å². The fourth-order valence-electron chi connectivity index (χ4n) is 0.479. The van der Waals surface area contributed by atoms with Crippen molar-refractivity contribution in [2.24, 2.45) is 11.5 Å². The number of aliphatic carboxylic acids is 1. The van der Waals surface area contributed by atoms with E-state index in [9.17, 15) is 4.79 Å². The Bertz CT molecular complexity index is 159. The Kier molecular flexibility index (Phi) is 12.9. The van der Waals surface area contributed by atoms with Crippen LogP contribution in [0.1, 0.15) is 12.8 Å². The van der Waals surface area contributed by atoms with Gasteiger partial charge >= 0.3 is 5.97 Å². The molecule has 0 bridgehead atoms. The average molecular weight is 211 g/mol. The lowest BCUT2D eigenvalue weighted by Gasteiger charge is -2.16. The van der Waals surface area contributed by atoms with Crippen molar-refractivity contribution in [3.05, 3.63) is 0 Å². The molecule has 0 amide bonds. The number of aliphatic hydroxyl groups is 1. The molecular formula is C7H15ClN2O3. The van der Waals surface area contributed by atoms with Crippen LogP contribution >= 0.6 is 12.4 Å². The van der Waals surface area contributed by atoms with Crippen LogP contribution in [0.25, 0.3) is 0 Å². The molecule has 0 aromatic rings. The molecule has 0 saturated carbocycles. The van der Waals surface area contributed by atoms with Gasteiger partial charge in [-0.2, -0.15) is 0 Å². The number of carbonyl (C=O) groups is 1. The highest BCUT2D eigenvalue weighted by atomic mass is 35.5. The summed E-state index contributed by atoms with van der Waals surface area (Å²) in [5, 5.41) is 17.1. The highest BCUT2D eigenvalue weighted by Gasteiger charge is 2.29. The minimum absolute atomic E-state index is 0. The number of carboxylic acids is 1. The minimum atomic E-state index is -2.11. The second kappa shape index (κ2) is 9.29. The number of rotatable bonds is 4. The maximum Gasteiger partial charge on any atom is 0.350 e. The van der Waals surface area contributed by atoms with Crippen LogP contribution in [0.5, 0.6) is 0 Å². The fraction of sp³-hybridized carbons (Fsp3) is 0.571. The van der Waals surface area contributed by atoms with Gasteiger partial charge in [0.2, 0.25) is 5.72 Å². The molecule has 0 radical (unpaired) electrons. The van der Waals surface area contributed by atoms with Crippen molar-refractivity contribution in [2.75, 3.05) is 6.54 Å². The SMILES string of the molecule is C#C.Cl.NCCCC(N)(O)C(=O)O. The molecule has 1 unspecified atom stereocenters. The van der Waals surface area contributed by atoms with Gasteiger partial charge in [0.25, 0.3) is 0 Å². The Hall–Kier alpha value is -0.800. The van der Waals surface area contributed by atoms with Crippen LogP contribution in [-0.4, -0.2) is 28.5 Å². The zero-order valence-electron chi connectivity index (χ0n) is 7.14. The Balaban J connectivity index is -0.000000309. The molecule has 0 fully saturated rings. The molecular weight excluding hydrogens is 196 g/mol. The number of terminal acetylenes is 1. The first-order valence-corrected chi connectivity index (χ1v) is 3.29. The van der Waals surface area contributed by atoms with Gasteiger partial charge in [-0.25, -0.2) is 4.79 Å². The molecule has 6 N–H and O–H groups in total. The Labute approximate surface area is 83.5 Å². The molecule has 0 rings (SSSR count). The van der Waals surface area contributed by atoms with Crippen LogP contribution in [-0.2, 0) is 4.79 Å². The minimum Gasteiger partial charge on any atom is -0.478 e. The maximum atomic E-state index is 10.1. The number of hydrogen-bond donors (Lipinski definition) is 4. The largest absolute Gasteiger partial charge is 0.478 e. The third kappa shape index (κ3) is 9.11. The van der Waals surface area contributed by atoms with E-state index in [1.165, 1.54) is 0 Å². The first kappa shape index (κ1) is 18.1. The lowest BCUT2D eigenvalue weighted by molar-refractivity contribution is -0.158. The van der Waals surface area contributed by atoms with Gasteiger partial charge in [0.15, 0.2) is 0 Å². The standard InChI is InChI=1S/C5H12N2O3.C2H2.ClH/c6-3-1-2-5(7,10)4(8)9;1-2;/h10H,1-3,6-7H2,(H,8,9);1-2H;1H. The van der Waals surface area contributed by atoms with E-state index in [1.54, 1.807) is 0 Å². The zero-order chi connectivity index (χ0) is 10.2. The first-order valence-electron chi connectivity index (χ1n) is 3.29. The van der Waals surface area contributed by atoms with Gasteiger partial charge in [0.1, 0.15) is 0 Å². The van der Waals surface area contributed by atoms with Crippen molar-refractivity contribution in [1.82, 2.24) is 0 Å². The molecule has 1 atom stereocenters. The smallest absolute Gasteiger partial charge is 0.350 e. The number of halogens is 1. The quantitative estimate of drug-likeness (QED) is 0.356. The molecule has 0 spiro atoms. The van der Waals surface area contributed by atoms with Gasteiger partial charge in [-0.15, -0.1) is 25.3 Å². The molecule has 5 nitrogen and oxygen atoms in total. The Morgan fingerprint density at radius 2 is 1.85 bits per heavy atom. The summed E-state index contributed by atoms with van der Waals surface area (Å²) in [6.07, 6.45) is 8.39. The molecule has 0 aromatic carbocycles. The van der Waals surface area contributed by atoms with Crippen molar-refractivity contribution in [3.8, 4) is 12.8 Å². The summed E-state index contributed by atoms with van der Waals surface area (Å²) in [7, 11) is 0. The fourth-order valence-corrected chi connectivity index (χ4v) is 0.479. The monoisotopic (exact) mass is 210 g/mol. The molecule has 0 aliphatic carbocycles. The van der Waals surface area contributed by atoms with Gasteiger partial charge < -0.3 is 15.9 Å². The predicted octanol–water partition coefficient (Wildman–Crippen LogP) is -0.872. The highest BCUT2D eigenvalue weighted by molar-refractivity contribution is 5.85. The third-order valence-corrected chi connectivity index (χ3v) is 1.13. The maximum absolute atomic E-state index is 10.1. The lowest BCUT2D eigenvalue weighted by atomic mass is 10.1. The van der Waals surface area contributed by atoms with Crippen LogP contribution in [0.2, 0.25) is 0 Å². The summed E-state index contributed by atoms with van der Waals surface area (Å²) in [5.41, 5.74) is 7.91.